The Morgan fingerprint density at radius 2 is 1.09 bits per heavy atom. The molecule has 1 saturated heterocycles. The van der Waals surface area contributed by atoms with Gasteiger partial charge in [-0.2, -0.15) is 0 Å². The average Bonchev–Trinajstić information content (AvgIpc) is 4.16. The zero-order valence-corrected chi connectivity index (χ0v) is 46.8. The molecule has 4 rings (SSSR count). The highest BCUT2D eigenvalue weighted by Crippen LogP contribution is 2.23. The van der Waals surface area contributed by atoms with Crippen molar-refractivity contribution in [2.75, 3.05) is 6.54 Å². The first-order valence-electron chi connectivity index (χ1n) is 27.3. The van der Waals surface area contributed by atoms with E-state index in [1.165, 1.54) is 29.6 Å². The van der Waals surface area contributed by atoms with Gasteiger partial charge in [-0.15, -0.1) is 0 Å². The number of carboxylic acids is 2. The number of hydrogen-bond acceptors (Lipinski definition) is 13. The van der Waals surface area contributed by atoms with Gasteiger partial charge in [0.15, 0.2) is 0 Å². The molecule has 0 bridgehead atoms. The Kier molecular flexibility index (Phi) is 25.1. The molecule has 3 aromatic rings. The molecular formula is C56H81N11O13. The molecule has 0 radical (unpaired) electrons. The molecule has 80 heavy (non-hydrogen) atoms. The molecule has 0 aliphatic carbocycles. The Hall–Kier alpha value is -7.89. The number of carbonyl (C=O) groups excluding carboxylic acids is 8. The fourth-order valence-electron chi connectivity index (χ4n) is 9.14. The van der Waals surface area contributed by atoms with Crippen LogP contribution >= 0.6 is 0 Å². The predicted octanol–water partition coefficient (Wildman–Crippen LogP) is 1.21. The van der Waals surface area contributed by atoms with Gasteiger partial charge in [-0.05, 0) is 59.8 Å². The molecule has 1 aliphatic heterocycles. The van der Waals surface area contributed by atoms with Crippen molar-refractivity contribution in [1.29, 1.82) is 0 Å². The fourth-order valence-corrected chi connectivity index (χ4v) is 9.14. The van der Waals surface area contributed by atoms with Crippen molar-refractivity contribution in [1.82, 2.24) is 52.1 Å². The van der Waals surface area contributed by atoms with Gasteiger partial charge in [-0.25, -0.2) is 9.78 Å². The third-order valence-electron chi connectivity index (χ3n) is 14.7. The summed E-state index contributed by atoms with van der Waals surface area (Å²) in [5, 5.41) is 48.1. The van der Waals surface area contributed by atoms with Crippen LogP contribution in [0.3, 0.4) is 0 Å². The largest absolute Gasteiger partial charge is 0.508 e. The minimum absolute atomic E-state index is 0.0658. The van der Waals surface area contributed by atoms with Crippen LogP contribution in [0.15, 0.2) is 67.1 Å². The Morgan fingerprint density at radius 3 is 1.59 bits per heavy atom. The van der Waals surface area contributed by atoms with Crippen LogP contribution in [0.5, 0.6) is 5.75 Å². The first kappa shape index (κ1) is 64.6. The van der Waals surface area contributed by atoms with E-state index in [-0.39, 0.29) is 38.0 Å². The van der Waals surface area contributed by atoms with Crippen molar-refractivity contribution in [3.63, 3.8) is 0 Å². The lowest BCUT2D eigenvalue weighted by Gasteiger charge is -2.34. The number of phenolic OH excluding ortho intramolecular Hbond substituents is 1. The number of rotatable bonds is 31. The number of aliphatic carboxylic acids is 2. The number of nitrogens with one attached hydrogen (secondary N) is 8. The van der Waals surface area contributed by atoms with E-state index >= 15 is 0 Å². The van der Waals surface area contributed by atoms with Crippen molar-refractivity contribution in [2.24, 2.45) is 29.4 Å². The molecule has 1 aromatic heterocycles. The molecule has 13 N–H and O–H groups in total. The van der Waals surface area contributed by atoms with E-state index in [1.807, 2.05) is 6.92 Å². The molecular weight excluding hydrogens is 1030 g/mol. The number of hydrogen-bond donors (Lipinski definition) is 12. The zero-order chi connectivity index (χ0) is 59.4. The lowest BCUT2D eigenvalue weighted by molar-refractivity contribution is -0.146. The first-order valence-corrected chi connectivity index (χ1v) is 27.3. The van der Waals surface area contributed by atoms with Crippen molar-refractivity contribution >= 4 is 59.2 Å². The van der Waals surface area contributed by atoms with Gasteiger partial charge in [-0.1, -0.05) is 117 Å². The number of aromatic hydroxyl groups is 1. The fraction of sp³-hybridized carbons (Fsp3) is 0.554. The Balaban J connectivity index is 1.66. The normalized spacial score (nSPS) is 17.3. The highest BCUT2D eigenvalue weighted by Gasteiger charge is 2.42. The Morgan fingerprint density at radius 1 is 0.613 bits per heavy atom. The standard InChI is InChI=1S/C56H81N11O13/c1-9-31(6)45(64-51(74)41(26-36-28-58-29-59-36)60-48(71)38(57)27-43(69)70)53(76)62-39(24-34-16-13-12-14-17-34)49(72)61-40(25-35-19-21-37(68)22-20-35)50(73)65-46(32(7)10-2)54(77)66-47(33(8)11-3)55(78)67-23-15-18-42(67)52(75)63-44(30(4)5)56(79)80/h12-14,16-17,19-22,28-33,38-42,44-47,68H,9-11,15,18,23-27,57H2,1-8H3,(H,58,59)(H,60,71)(H,61,72)(H,62,76)(H,63,75)(H,64,74)(H,65,73)(H,66,77)(H,69,70)(H,79,80)/t31-,32-,33-,38-,39-,40-,41-,42-,44-,45-,46-,47-/m0/s1. The maximum Gasteiger partial charge on any atom is 0.326 e. The van der Waals surface area contributed by atoms with Gasteiger partial charge in [0.25, 0.3) is 0 Å². The molecule has 2 aromatic carbocycles. The summed E-state index contributed by atoms with van der Waals surface area (Å²) in [5.41, 5.74) is 7.34. The molecule has 8 amide bonds. The van der Waals surface area contributed by atoms with Gasteiger partial charge in [0.1, 0.15) is 54.1 Å². The summed E-state index contributed by atoms with van der Waals surface area (Å²) in [7, 11) is 0. The number of imidazole rings is 1. The maximum absolute atomic E-state index is 14.8. The van der Waals surface area contributed by atoms with Gasteiger partial charge < -0.3 is 68.2 Å². The first-order chi connectivity index (χ1) is 37.9. The number of likely N-dealkylation sites (tertiary alicyclic amines) is 1. The van der Waals surface area contributed by atoms with Crippen LogP contribution in [0.1, 0.15) is 111 Å². The molecule has 0 unspecified atom stereocenters. The van der Waals surface area contributed by atoms with Crippen LogP contribution in [-0.4, -0.2) is 150 Å². The van der Waals surface area contributed by atoms with E-state index < -0.39 is 144 Å². The number of benzene rings is 2. The molecule has 0 spiro atoms. The topological polar surface area (TPSA) is 374 Å². The lowest BCUT2D eigenvalue weighted by atomic mass is 9.94. The van der Waals surface area contributed by atoms with Crippen molar-refractivity contribution in [3.8, 4) is 5.75 Å². The number of carboxylic acid groups (broad SMARTS) is 2. The SMILES string of the molecule is CC[C@H](C)[C@H](NC(=O)[C@H](Cc1cnc[nH]1)NC(=O)[C@@H](N)CC(=O)O)C(=O)N[C@@H](Cc1ccccc1)C(=O)N[C@@H](Cc1ccc(O)cc1)C(=O)N[C@H](C(=O)N[C@H](C(=O)N1CCC[C@H]1C(=O)N[C@H](C(=O)O)C(C)C)[C@@H](C)CC)[C@@H](C)CC. The number of phenols is 1. The smallest absolute Gasteiger partial charge is 0.326 e. The van der Waals surface area contributed by atoms with Crippen LogP contribution in [-0.2, 0) is 67.2 Å². The van der Waals surface area contributed by atoms with Gasteiger partial charge in [-0.3, -0.25) is 43.2 Å². The van der Waals surface area contributed by atoms with Crippen LogP contribution in [0.4, 0.5) is 0 Å². The predicted molar refractivity (Wildman–Crippen MR) is 294 cm³/mol. The highest BCUT2D eigenvalue weighted by atomic mass is 16.4. The van der Waals surface area contributed by atoms with E-state index in [0.29, 0.717) is 42.5 Å². The second kappa shape index (κ2) is 31.0. The van der Waals surface area contributed by atoms with E-state index in [9.17, 15) is 63.3 Å². The third kappa shape index (κ3) is 18.9. The minimum Gasteiger partial charge on any atom is -0.508 e. The van der Waals surface area contributed by atoms with Gasteiger partial charge in [0.05, 0.1) is 18.8 Å². The van der Waals surface area contributed by atoms with Crippen LogP contribution in [0.25, 0.3) is 0 Å². The molecule has 24 nitrogen and oxygen atoms in total. The molecule has 12 atom stereocenters. The molecule has 438 valence electrons. The Labute approximate surface area is 466 Å². The van der Waals surface area contributed by atoms with Gasteiger partial charge in [0, 0.05) is 37.7 Å². The number of aromatic nitrogens is 2. The van der Waals surface area contributed by atoms with E-state index in [1.54, 1.807) is 90.9 Å². The number of carbonyl (C=O) groups is 10. The minimum atomic E-state index is -1.50. The molecule has 0 saturated carbocycles. The third-order valence-corrected chi connectivity index (χ3v) is 14.7. The van der Waals surface area contributed by atoms with Gasteiger partial charge in [0.2, 0.25) is 47.3 Å². The van der Waals surface area contributed by atoms with Crippen LogP contribution in [0, 0.1) is 23.7 Å². The second-order valence-electron chi connectivity index (χ2n) is 21.1. The summed E-state index contributed by atoms with van der Waals surface area (Å²) in [5.74, 6) is -10.7. The number of amides is 8. The van der Waals surface area contributed by atoms with Crippen molar-refractivity contribution in [2.45, 2.75) is 168 Å². The number of nitrogens with zero attached hydrogens (tertiary/aromatic N) is 2. The molecule has 1 aliphatic rings. The summed E-state index contributed by atoms with van der Waals surface area (Å²) < 4.78 is 0. The summed E-state index contributed by atoms with van der Waals surface area (Å²) >= 11 is 0. The Bertz CT molecular complexity index is 2580. The van der Waals surface area contributed by atoms with E-state index in [4.69, 9.17) is 5.73 Å². The zero-order valence-electron chi connectivity index (χ0n) is 46.8. The van der Waals surface area contributed by atoms with Crippen LogP contribution in [0.2, 0.25) is 0 Å². The molecule has 1 fully saturated rings. The molecule has 2 heterocycles. The van der Waals surface area contributed by atoms with Crippen molar-refractivity contribution in [3.05, 3.63) is 83.9 Å². The molecule has 24 heteroatoms. The number of aromatic amines is 1. The maximum atomic E-state index is 14.8. The monoisotopic (exact) mass is 1120 g/mol. The average molecular weight is 1120 g/mol. The summed E-state index contributed by atoms with van der Waals surface area (Å²) in [6, 6.07) is 2.94. The van der Waals surface area contributed by atoms with Crippen molar-refractivity contribution < 1.29 is 63.3 Å². The van der Waals surface area contributed by atoms with E-state index in [0.717, 1.165) is 0 Å². The van der Waals surface area contributed by atoms with E-state index in [2.05, 4.69) is 47.2 Å². The lowest BCUT2D eigenvalue weighted by Crippen LogP contribution is -2.62. The quantitative estimate of drug-likeness (QED) is 0.0431. The second-order valence-corrected chi connectivity index (χ2v) is 21.1. The summed E-state index contributed by atoms with van der Waals surface area (Å²) in [4.78, 5) is 145. The highest BCUT2D eigenvalue weighted by molar-refractivity contribution is 5.99. The van der Waals surface area contributed by atoms with Crippen LogP contribution < -0.4 is 43.0 Å². The van der Waals surface area contributed by atoms with Gasteiger partial charge >= 0.3 is 11.9 Å². The summed E-state index contributed by atoms with van der Waals surface area (Å²) in [6.07, 6.45) is 3.51. The number of nitrogens with two attached hydrogens (primary N) is 1. The number of H-pyrrole nitrogens is 1. The summed E-state index contributed by atoms with van der Waals surface area (Å²) in [6.45, 7) is 14.1.